The maximum absolute atomic E-state index is 12.9. The van der Waals surface area contributed by atoms with Crippen molar-refractivity contribution in [3.8, 4) is 5.75 Å². The van der Waals surface area contributed by atoms with E-state index >= 15 is 0 Å². The van der Waals surface area contributed by atoms with E-state index in [4.69, 9.17) is 4.74 Å². The first-order valence-electron chi connectivity index (χ1n) is 8.62. The molecule has 0 unspecified atom stereocenters. The fraction of sp³-hybridized carbons (Fsp3) is 0.611. The SMILES string of the molecule is CCO[C@H]1CC[C@@]2(CCN(c3ccc(OC(F)(F)F)cc3)C2=O)CC1. The van der Waals surface area contributed by atoms with Crippen molar-refractivity contribution in [2.75, 3.05) is 18.1 Å². The Kier molecular flexibility index (Phi) is 4.95. The molecule has 1 saturated heterocycles. The number of amides is 1. The molecular weight excluding hydrogens is 335 g/mol. The molecule has 2 fully saturated rings. The Balaban J connectivity index is 1.66. The molecule has 25 heavy (non-hydrogen) atoms. The number of nitrogens with zero attached hydrogens (tertiary/aromatic N) is 1. The Labute approximate surface area is 144 Å². The van der Waals surface area contributed by atoms with Gasteiger partial charge in [0, 0.05) is 18.8 Å². The largest absolute Gasteiger partial charge is 0.573 e. The van der Waals surface area contributed by atoms with Crippen LogP contribution in [0.2, 0.25) is 0 Å². The maximum atomic E-state index is 12.9. The number of rotatable bonds is 4. The molecule has 7 heteroatoms. The highest BCUT2D eigenvalue weighted by Crippen LogP contribution is 2.46. The van der Waals surface area contributed by atoms with Gasteiger partial charge in [-0.25, -0.2) is 0 Å². The van der Waals surface area contributed by atoms with Gasteiger partial charge in [-0.15, -0.1) is 13.2 Å². The molecule has 0 atom stereocenters. The number of ether oxygens (including phenoxy) is 2. The second-order valence-electron chi connectivity index (χ2n) is 6.68. The van der Waals surface area contributed by atoms with E-state index in [2.05, 4.69) is 4.74 Å². The number of anilines is 1. The molecule has 1 aliphatic carbocycles. The molecule has 1 spiro atoms. The quantitative estimate of drug-likeness (QED) is 0.807. The van der Waals surface area contributed by atoms with Gasteiger partial charge in [0.15, 0.2) is 0 Å². The molecule has 138 valence electrons. The van der Waals surface area contributed by atoms with Crippen molar-refractivity contribution in [1.29, 1.82) is 0 Å². The van der Waals surface area contributed by atoms with Crippen LogP contribution >= 0.6 is 0 Å². The summed E-state index contributed by atoms with van der Waals surface area (Å²) in [4.78, 5) is 14.6. The second kappa shape index (κ2) is 6.86. The van der Waals surface area contributed by atoms with Gasteiger partial charge in [-0.3, -0.25) is 4.79 Å². The molecule has 0 N–H and O–H groups in total. The molecule has 3 rings (SSSR count). The number of carbonyl (C=O) groups excluding carboxylic acids is 1. The van der Waals surface area contributed by atoms with E-state index in [1.54, 1.807) is 4.90 Å². The van der Waals surface area contributed by atoms with Crippen LogP contribution < -0.4 is 9.64 Å². The van der Waals surface area contributed by atoms with Crippen LogP contribution in [0.3, 0.4) is 0 Å². The van der Waals surface area contributed by atoms with E-state index in [9.17, 15) is 18.0 Å². The van der Waals surface area contributed by atoms with Crippen LogP contribution in [-0.4, -0.2) is 31.5 Å². The first-order chi connectivity index (χ1) is 11.8. The van der Waals surface area contributed by atoms with Crippen molar-refractivity contribution in [2.45, 2.75) is 51.5 Å². The fourth-order valence-corrected chi connectivity index (χ4v) is 3.90. The van der Waals surface area contributed by atoms with Crippen molar-refractivity contribution in [3.05, 3.63) is 24.3 Å². The van der Waals surface area contributed by atoms with Gasteiger partial charge >= 0.3 is 6.36 Å². The molecular formula is C18H22F3NO3. The molecule has 1 aliphatic heterocycles. The maximum Gasteiger partial charge on any atom is 0.573 e. The summed E-state index contributed by atoms with van der Waals surface area (Å²) in [6.45, 7) is 3.25. The standard InChI is InChI=1S/C18H22F3NO3/c1-2-24-14-7-9-17(10-8-14)11-12-22(16(17)23)13-3-5-15(6-4-13)25-18(19,20)21/h3-6,14H,2,7-12H2,1H3/t14-,17-. The summed E-state index contributed by atoms with van der Waals surface area (Å²) in [6, 6.07) is 5.49. The van der Waals surface area contributed by atoms with E-state index in [1.165, 1.54) is 24.3 Å². The Morgan fingerprint density at radius 2 is 1.80 bits per heavy atom. The molecule has 1 amide bonds. The molecule has 0 bridgehead atoms. The summed E-state index contributed by atoms with van der Waals surface area (Å²) in [5, 5.41) is 0. The summed E-state index contributed by atoms with van der Waals surface area (Å²) in [6.07, 6.45) is -0.321. The molecule has 1 aromatic rings. The van der Waals surface area contributed by atoms with Gasteiger partial charge in [-0.05, 0) is 63.3 Å². The number of hydrogen-bond donors (Lipinski definition) is 0. The smallest absolute Gasteiger partial charge is 0.406 e. The average molecular weight is 357 g/mol. The summed E-state index contributed by atoms with van der Waals surface area (Å²) in [5.74, 6) is -0.207. The van der Waals surface area contributed by atoms with Gasteiger partial charge in [0.05, 0.1) is 11.5 Å². The predicted octanol–water partition coefficient (Wildman–Crippen LogP) is 4.29. The highest BCUT2D eigenvalue weighted by atomic mass is 19.4. The predicted molar refractivity (Wildman–Crippen MR) is 86.4 cm³/mol. The fourth-order valence-electron chi connectivity index (χ4n) is 3.90. The van der Waals surface area contributed by atoms with Gasteiger partial charge in [0.2, 0.25) is 5.91 Å². The average Bonchev–Trinajstić information content (AvgIpc) is 2.86. The topological polar surface area (TPSA) is 38.8 Å². The van der Waals surface area contributed by atoms with Crippen LogP contribution in [0.15, 0.2) is 24.3 Å². The Morgan fingerprint density at radius 3 is 2.36 bits per heavy atom. The molecule has 1 saturated carbocycles. The monoisotopic (exact) mass is 357 g/mol. The zero-order valence-electron chi connectivity index (χ0n) is 14.1. The first-order valence-corrected chi connectivity index (χ1v) is 8.62. The number of carbonyl (C=O) groups is 1. The van der Waals surface area contributed by atoms with Crippen LogP contribution in [0, 0.1) is 5.41 Å². The van der Waals surface area contributed by atoms with Crippen molar-refractivity contribution < 1.29 is 27.4 Å². The zero-order valence-corrected chi connectivity index (χ0v) is 14.1. The van der Waals surface area contributed by atoms with Gasteiger partial charge in [-0.1, -0.05) is 0 Å². The minimum atomic E-state index is -4.71. The minimum absolute atomic E-state index is 0.0759. The number of benzene rings is 1. The summed E-state index contributed by atoms with van der Waals surface area (Å²) < 4.78 is 46.2. The molecule has 0 radical (unpaired) electrons. The van der Waals surface area contributed by atoms with Crippen LogP contribution in [0.4, 0.5) is 18.9 Å². The van der Waals surface area contributed by atoms with Gasteiger partial charge in [-0.2, -0.15) is 0 Å². The lowest BCUT2D eigenvalue weighted by atomic mass is 9.72. The third kappa shape index (κ3) is 3.92. The number of hydrogen-bond acceptors (Lipinski definition) is 3. The molecule has 1 aromatic carbocycles. The molecule has 1 heterocycles. The number of halogens is 3. The van der Waals surface area contributed by atoms with Crippen molar-refractivity contribution in [3.63, 3.8) is 0 Å². The van der Waals surface area contributed by atoms with E-state index in [-0.39, 0.29) is 23.2 Å². The Morgan fingerprint density at radius 1 is 1.16 bits per heavy atom. The highest BCUT2D eigenvalue weighted by molar-refractivity contribution is 6.00. The van der Waals surface area contributed by atoms with Gasteiger partial charge in [0.25, 0.3) is 0 Å². The third-order valence-electron chi connectivity index (χ3n) is 5.19. The van der Waals surface area contributed by atoms with E-state index in [0.717, 1.165) is 32.1 Å². The van der Waals surface area contributed by atoms with E-state index in [1.807, 2.05) is 6.92 Å². The van der Waals surface area contributed by atoms with Gasteiger partial charge < -0.3 is 14.4 Å². The Bertz CT molecular complexity index is 607. The summed E-state index contributed by atoms with van der Waals surface area (Å²) in [5.41, 5.74) is 0.276. The van der Waals surface area contributed by atoms with Crippen LogP contribution in [-0.2, 0) is 9.53 Å². The zero-order chi connectivity index (χ0) is 18.1. The lowest BCUT2D eigenvalue weighted by Crippen LogP contribution is -2.39. The third-order valence-corrected chi connectivity index (χ3v) is 5.19. The summed E-state index contributed by atoms with van der Waals surface area (Å²) in [7, 11) is 0. The lowest BCUT2D eigenvalue weighted by molar-refractivity contribution is -0.274. The van der Waals surface area contributed by atoms with Gasteiger partial charge in [0.1, 0.15) is 5.75 Å². The van der Waals surface area contributed by atoms with Crippen molar-refractivity contribution in [2.24, 2.45) is 5.41 Å². The number of alkyl halides is 3. The Hall–Kier alpha value is -1.76. The minimum Gasteiger partial charge on any atom is -0.406 e. The molecule has 0 aromatic heterocycles. The van der Waals surface area contributed by atoms with Crippen LogP contribution in [0.5, 0.6) is 5.75 Å². The van der Waals surface area contributed by atoms with Crippen molar-refractivity contribution >= 4 is 11.6 Å². The lowest BCUT2D eigenvalue weighted by Gasteiger charge is -2.35. The summed E-state index contributed by atoms with van der Waals surface area (Å²) >= 11 is 0. The van der Waals surface area contributed by atoms with E-state index < -0.39 is 6.36 Å². The molecule has 2 aliphatic rings. The molecule has 4 nitrogen and oxygen atoms in total. The van der Waals surface area contributed by atoms with E-state index in [0.29, 0.717) is 18.8 Å². The first kappa shape index (κ1) is 18.0. The van der Waals surface area contributed by atoms with Crippen molar-refractivity contribution in [1.82, 2.24) is 0 Å². The normalized spacial score (nSPS) is 27.1. The van der Waals surface area contributed by atoms with Crippen LogP contribution in [0.25, 0.3) is 0 Å². The van der Waals surface area contributed by atoms with Crippen LogP contribution in [0.1, 0.15) is 39.0 Å². The second-order valence-corrected chi connectivity index (χ2v) is 6.68. The highest BCUT2D eigenvalue weighted by Gasteiger charge is 2.48.